The molecule has 0 heterocycles. The first-order valence-electron chi connectivity index (χ1n) is 6.24. The van der Waals surface area contributed by atoms with Gasteiger partial charge >= 0.3 is 0 Å². The van der Waals surface area contributed by atoms with Gasteiger partial charge < -0.3 is 4.74 Å². The quantitative estimate of drug-likeness (QED) is 0.464. The normalized spacial score (nSPS) is 11.4. The van der Waals surface area contributed by atoms with E-state index in [0.29, 0.717) is 17.9 Å². The first-order valence-corrected chi connectivity index (χ1v) is 6.24. The Bertz CT molecular complexity index is 594. The SMILES string of the molecule is CCO/C(=C(\C#N)c1ccccc1)c1ccccc1. The topological polar surface area (TPSA) is 33.0 Å². The summed E-state index contributed by atoms with van der Waals surface area (Å²) in [5.41, 5.74) is 2.36. The smallest absolute Gasteiger partial charge is 0.144 e. The fourth-order valence-corrected chi connectivity index (χ4v) is 1.88. The Labute approximate surface area is 113 Å². The highest BCUT2D eigenvalue weighted by Crippen LogP contribution is 2.26. The van der Waals surface area contributed by atoms with Gasteiger partial charge in [0.25, 0.3) is 0 Å². The maximum absolute atomic E-state index is 9.45. The van der Waals surface area contributed by atoms with E-state index in [1.165, 1.54) is 0 Å². The summed E-state index contributed by atoms with van der Waals surface area (Å²) in [6.07, 6.45) is 0. The highest BCUT2D eigenvalue weighted by Gasteiger charge is 2.12. The molecular weight excluding hydrogens is 234 g/mol. The monoisotopic (exact) mass is 249 g/mol. The van der Waals surface area contributed by atoms with Gasteiger partial charge in [-0.1, -0.05) is 60.7 Å². The molecule has 0 spiro atoms. The van der Waals surface area contributed by atoms with Crippen molar-refractivity contribution < 1.29 is 4.74 Å². The van der Waals surface area contributed by atoms with E-state index >= 15 is 0 Å². The summed E-state index contributed by atoms with van der Waals surface area (Å²) in [4.78, 5) is 0. The summed E-state index contributed by atoms with van der Waals surface area (Å²) < 4.78 is 5.69. The molecule has 0 fully saturated rings. The second-order valence-electron chi connectivity index (χ2n) is 3.98. The molecule has 2 rings (SSSR count). The minimum atomic E-state index is 0.530. The van der Waals surface area contributed by atoms with E-state index in [1.807, 2.05) is 67.6 Å². The van der Waals surface area contributed by atoms with Crippen LogP contribution < -0.4 is 0 Å². The summed E-state index contributed by atoms with van der Waals surface area (Å²) in [7, 11) is 0. The van der Waals surface area contributed by atoms with Gasteiger partial charge in [-0.2, -0.15) is 5.26 Å². The molecule has 0 atom stereocenters. The Morgan fingerprint density at radius 3 is 1.95 bits per heavy atom. The van der Waals surface area contributed by atoms with E-state index in [9.17, 15) is 5.26 Å². The van der Waals surface area contributed by atoms with E-state index in [0.717, 1.165) is 11.1 Å². The van der Waals surface area contributed by atoms with Gasteiger partial charge in [0.1, 0.15) is 17.4 Å². The molecule has 0 saturated heterocycles. The van der Waals surface area contributed by atoms with Crippen molar-refractivity contribution in [1.29, 1.82) is 5.26 Å². The molecule has 2 aromatic carbocycles. The minimum Gasteiger partial charge on any atom is -0.492 e. The zero-order valence-corrected chi connectivity index (χ0v) is 10.8. The third-order valence-corrected chi connectivity index (χ3v) is 2.73. The zero-order valence-electron chi connectivity index (χ0n) is 10.8. The molecule has 2 nitrogen and oxygen atoms in total. The van der Waals surface area contributed by atoms with Gasteiger partial charge in [-0.05, 0) is 12.5 Å². The van der Waals surface area contributed by atoms with Gasteiger partial charge in [-0.25, -0.2) is 0 Å². The Morgan fingerprint density at radius 1 is 0.947 bits per heavy atom. The van der Waals surface area contributed by atoms with Crippen molar-refractivity contribution in [3.63, 3.8) is 0 Å². The Hall–Kier alpha value is -2.53. The summed E-state index contributed by atoms with van der Waals surface area (Å²) in [6, 6.07) is 21.6. The van der Waals surface area contributed by atoms with E-state index < -0.39 is 0 Å². The molecule has 94 valence electrons. The van der Waals surface area contributed by atoms with Gasteiger partial charge in [-0.3, -0.25) is 0 Å². The van der Waals surface area contributed by atoms with E-state index in [4.69, 9.17) is 4.74 Å². The lowest BCUT2D eigenvalue weighted by molar-refractivity contribution is 0.299. The van der Waals surface area contributed by atoms with Crippen LogP contribution in [-0.2, 0) is 4.74 Å². The molecule has 19 heavy (non-hydrogen) atoms. The second kappa shape index (κ2) is 6.42. The van der Waals surface area contributed by atoms with Crippen LogP contribution in [-0.4, -0.2) is 6.61 Å². The predicted octanol–water partition coefficient (Wildman–Crippen LogP) is 4.11. The molecular formula is C17H15NO. The van der Waals surface area contributed by atoms with Crippen molar-refractivity contribution in [2.45, 2.75) is 6.92 Å². The highest BCUT2D eigenvalue weighted by molar-refractivity contribution is 5.94. The largest absolute Gasteiger partial charge is 0.492 e. The van der Waals surface area contributed by atoms with Crippen LogP contribution in [0.5, 0.6) is 0 Å². The Morgan fingerprint density at radius 2 is 1.47 bits per heavy atom. The van der Waals surface area contributed by atoms with Gasteiger partial charge in [-0.15, -0.1) is 0 Å². The molecule has 0 amide bonds. The van der Waals surface area contributed by atoms with Crippen LogP contribution in [0.2, 0.25) is 0 Å². The second-order valence-corrected chi connectivity index (χ2v) is 3.98. The van der Waals surface area contributed by atoms with Crippen molar-refractivity contribution in [3.8, 4) is 6.07 Å². The molecule has 2 heteroatoms. The van der Waals surface area contributed by atoms with Crippen molar-refractivity contribution in [2.24, 2.45) is 0 Å². The average molecular weight is 249 g/mol. The third kappa shape index (κ3) is 3.02. The standard InChI is InChI=1S/C17H15NO/c1-2-19-17(15-11-7-4-8-12-15)16(13-18)14-9-5-3-6-10-14/h3-12H,2H2,1H3/b17-16+. The lowest BCUT2D eigenvalue weighted by Crippen LogP contribution is -1.96. The lowest BCUT2D eigenvalue weighted by atomic mass is 10.0. The first kappa shape index (κ1) is 12.9. The lowest BCUT2D eigenvalue weighted by Gasteiger charge is -2.11. The number of hydrogen-bond acceptors (Lipinski definition) is 2. The minimum absolute atomic E-state index is 0.530. The van der Waals surface area contributed by atoms with Crippen LogP contribution in [0.25, 0.3) is 11.3 Å². The number of nitriles is 1. The van der Waals surface area contributed by atoms with Crippen LogP contribution in [0, 0.1) is 11.3 Å². The average Bonchev–Trinajstić information content (AvgIpc) is 2.49. The van der Waals surface area contributed by atoms with Crippen LogP contribution in [0.3, 0.4) is 0 Å². The van der Waals surface area contributed by atoms with Crippen molar-refractivity contribution in [1.82, 2.24) is 0 Å². The van der Waals surface area contributed by atoms with Crippen LogP contribution >= 0.6 is 0 Å². The van der Waals surface area contributed by atoms with Crippen molar-refractivity contribution >= 4 is 11.3 Å². The third-order valence-electron chi connectivity index (χ3n) is 2.73. The fourth-order valence-electron chi connectivity index (χ4n) is 1.88. The molecule has 0 N–H and O–H groups in total. The summed E-state index contributed by atoms with van der Waals surface area (Å²) in [6.45, 7) is 2.45. The van der Waals surface area contributed by atoms with Crippen molar-refractivity contribution in [3.05, 3.63) is 71.8 Å². The Kier molecular flexibility index (Phi) is 4.36. The summed E-state index contributed by atoms with van der Waals surface area (Å²) in [5, 5.41) is 9.45. The van der Waals surface area contributed by atoms with Crippen molar-refractivity contribution in [2.75, 3.05) is 6.61 Å². The van der Waals surface area contributed by atoms with Crippen LogP contribution in [0.15, 0.2) is 60.7 Å². The van der Waals surface area contributed by atoms with Gasteiger partial charge in [0, 0.05) is 5.56 Å². The molecule has 0 radical (unpaired) electrons. The maximum Gasteiger partial charge on any atom is 0.144 e. The van der Waals surface area contributed by atoms with E-state index in [1.54, 1.807) is 0 Å². The van der Waals surface area contributed by atoms with Gasteiger partial charge in [0.2, 0.25) is 0 Å². The number of nitrogens with zero attached hydrogens (tertiary/aromatic N) is 1. The molecule has 0 aliphatic carbocycles. The Balaban J connectivity index is 2.57. The van der Waals surface area contributed by atoms with E-state index in [-0.39, 0.29) is 0 Å². The molecule has 0 unspecified atom stereocenters. The molecule has 2 aromatic rings. The molecule has 0 aromatic heterocycles. The molecule has 0 bridgehead atoms. The molecule has 0 aliphatic rings. The number of rotatable bonds is 4. The van der Waals surface area contributed by atoms with Gasteiger partial charge in [0.05, 0.1) is 6.61 Å². The van der Waals surface area contributed by atoms with Crippen LogP contribution in [0.4, 0.5) is 0 Å². The van der Waals surface area contributed by atoms with Gasteiger partial charge in [0.15, 0.2) is 0 Å². The summed E-state index contributed by atoms with van der Waals surface area (Å²) in [5.74, 6) is 0.636. The first-order chi connectivity index (χ1) is 9.36. The molecule has 0 saturated carbocycles. The maximum atomic E-state index is 9.45. The zero-order chi connectivity index (χ0) is 13.5. The van der Waals surface area contributed by atoms with E-state index in [2.05, 4.69) is 6.07 Å². The molecule has 0 aliphatic heterocycles. The highest BCUT2D eigenvalue weighted by atomic mass is 16.5. The number of allylic oxidation sites excluding steroid dienone is 1. The predicted molar refractivity (Wildman–Crippen MR) is 76.9 cm³/mol. The number of ether oxygens (including phenoxy) is 1. The van der Waals surface area contributed by atoms with Crippen LogP contribution in [0.1, 0.15) is 18.1 Å². The fraction of sp³-hybridized carbons (Fsp3) is 0.118. The number of hydrogen-bond donors (Lipinski definition) is 0. The number of benzene rings is 2. The summed E-state index contributed by atoms with van der Waals surface area (Å²) >= 11 is 0.